The van der Waals surface area contributed by atoms with Gasteiger partial charge in [-0.15, -0.1) is 0 Å². The largest absolute Gasteiger partial charge is 0.481 e. The van der Waals surface area contributed by atoms with Crippen molar-refractivity contribution in [2.45, 2.75) is 70.3 Å². The standard InChI is InChI=1S/C35H42N2O3/c1-36(2)30-21-19-27(20-22-30)26-17-15-25(16-18-26)24-37(34(38)28-9-4-3-5-10-28)31-12-8-11-29(23-31)32-13-6-7-14-33(32)35(39)40/h8,11-12,15-23,28,32-33H,3-7,9-10,13-14,24H2,1-2H3,(H,39,40). The molecule has 0 aliphatic heterocycles. The number of carbonyl (C=O) groups is 2. The van der Waals surface area contributed by atoms with Gasteiger partial charge in [0, 0.05) is 31.4 Å². The molecule has 1 amide bonds. The fourth-order valence-corrected chi connectivity index (χ4v) is 6.55. The van der Waals surface area contributed by atoms with Crippen LogP contribution in [0.5, 0.6) is 0 Å². The van der Waals surface area contributed by atoms with Crippen LogP contribution in [-0.2, 0) is 16.1 Å². The SMILES string of the molecule is CN(C)c1ccc(-c2ccc(CN(C(=O)C3CCCCC3)c3cccc(C4CCCCC4C(=O)O)c3)cc2)cc1. The molecule has 2 aliphatic rings. The fourth-order valence-electron chi connectivity index (χ4n) is 6.55. The Morgan fingerprint density at radius 1 is 0.750 bits per heavy atom. The molecule has 5 rings (SSSR count). The molecule has 0 bridgehead atoms. The van der Waals surface area contributed by atoms with Gasteiger partial charge in [-0.05, 0) is 78.1 Å². The van der Waals surface area contributed by atoms with Crippen molar-refractivity contribution in [3.63, 3.8) is 0 Å². The molecule has 3 aromatic carbocycles. The van der Waals surface area contributed by atoms with Crippen LogP contribution in [-0.4, -0.2) is 31.1 Å². The van der Waals surface area contributed by atoms with Crippen LogP contribution in [0.3, 0.4) is 0 Å². The van der Waals surface area contributed by atoms with Crippen LogP contribution in [0.4, 0.5) is 11.4 Å². The molecule has 3 aromatic rings. The molecular formula is C35H42N2O3. The predicted molar refractivity (Wildman–Crippen MR) is 163 cm³/mol. The summed E-state index contributed by atoms with van der Waals surface area (Å²) in [6, 6.07) is 25.2. The number of amides is 1. The van der Waals surface area contributed by atoms with Crippen LogP contribution in [0.1, 0.15) is 74.8 Å². The first-order chi connectivity index (χ1) is 19.4. The molecule has 0 saturated heterocycles. The van der Waals surface area contributed by atoms with E-state index >= 15 is 0 Å². The normalized spacial score (nSPS) is 19.6. The second-order valence-corrected chi connectivity index (χ2v) is 11.8. The van der Waals surface area contributed by atoms with Gasteiger partial charge in [-0.2, -0.15) is 0 Å². The summed E-state index contributed by atoms with van der Waals surface area (Å²) in [7, 11) is 4.08. The molecule has 210 valence electrons. The number of carbonyl (C=O) groups excluding carboxylic acids is 1. The molecule has 5 nitrogen and oxygen atoms in total. The Bertz CT molecular complexity index is 1290. The van der Waals surface area contributed by atoms with Crippen LogP contribution in [0, 0.1) is 11.8 Å². The van der Waals surface area contributed by atoms with Gasteiger partial charge in [0.1, 0.15) is 0 Å². The van der Waals surface area contributed by atoms with E-state index in [-0.39, 0.29) is 23.7 Å². The van der Waals surface area contributed by atoms with Gasteiger partial charge in [-0.3, -0.25) is 9.59 Å². The average Bonchev–Trinajstić information content (AvgIpc) is 3.00. The van der Waals surface area contributed by atoms with Crippen molar-refractivity contribution in [3.05, 3.63) is 83.9 Å². The second-order valence-electron chi connectivity index (χ2n) is 11.8. The lowest BCUT2D eigenvalue weighted by Gasteiger charge is -2.32. The zero-order valence-electron chi connectivity index (χ0n) is 23.9. The first kappa shape index (κ1) is 27.9. The lowest BCUT2D eigenvalue weighted by Crippen LogP contribution is -2.37. The first-order valence-electron chi connectivity index (χ1n) is 14.9. The smallest absolute Gasteiger partial charge is 0.307 e. The van der Waals surface area contributed by atoms with Crippen molar-refractivity contribution in [3.8, 4) is 11.1 Å². The fraction of sp³-hybridized carbons (Fsp3) is 0.429. The molecule has 2 atom stereocenters. The Morgan fingerprint density at radius 3 is 2.02 bits per heavy atom. The lowest BCUT2D eigenvalue weighted by molar-refractivity contribution is -0.143. The second kappa shape index (κ2) is 12.7. The predicted octanol–water partition coefficient (Wildman–Crippen LogP) is 7.89. The van der Waals surface area contributed by atoms with E-state index in [1.54, 1.807) is 0 Å². The Hall–Kier alpha value is -3.60. The number of hydrogen-bond acceptors (Lipinski definition) is 3. The van der Waals surface area contributed by atoms with E-state index in [0.717, 1.165) is 73.7 Å². The third-order valence-corrected chi connectivity index (χ3v) is 8.93. The summed E-state index contributed by atoms with van der Waals surface area (Å²) in [4.78, 5) is 30.0. The highest BCUT2D eigenvalue weighted by atomic mass is 16.4. The minimum absolute atomic E-state index is 0.00370. The third-order valence-electron chi connectivity index (χ3n) is 8.93. The van der Waals surface area contributed by atoms with Gasteiger partial charge in [0.05, 0.1) is 12.5 Å². The van der Waals surface area contributed by atoms with Gasteiger partial charge >= 0.3 is 5.97 Å². The molecular weight excluding hydrogens is 496 g/mol. The number of benzene rings is 3. The Morgan fingerprint density at radius 2 is 1.38 bits per heavy atom. The van der Waals surface area contributed by atoms with Gasteiger partial charge in [0.15, 0.2) is 0 Å². The Balaban J connectivity index is 1.41. The summed E-state index contributed by atoms with van der Waals surface area (Å²) >= 11 is 0. The monoisotopic (exact) mass is 538 g/mol. The molecule has 0 radical (unpaired) electrons. The van der Waals surface area contributed by atoms with Crippen LogP contribution >= 0.6 is 0 Å². The van der Waals surface area contributed by atoms with Crippen LogP contribution in [0.2, 0.25) is 0 Å². The highest BCUT2D eigenvalue weighted by molar-refractivity contribution is 5.95. The maximum absolute atomic E-state index is 14.0. The van der Waals surface area contributed by atoms with E-state index in [4.69, 9.17) is 0 Å². The Labute approximate surface area is 238 Å². The summed E-state index contributed by atoms with van der Waals surface area (Å²) < 4.78 is 0. The maximum atomic E-state index is 14.0. The lowest BCUT2D eigenvalue weighted by atomic mass is 9.75. The molecule has 0 heterocycles. The number of rotatable bonds is 8. The van der Waals surface area contributed by atoms with Crippen molar-refractivity contribution in [1.29, 1.82) is 0 Å². The number of aliphatic carboxylic acids is 1. The molecule has 0 aromatic heterocycles. The van der Waals surface area contributed by atoms with Crippen molar-refractivity contribution < 1.29 is 14.7 Å². The number of hydrogen-bond donors (Lipinski definition) is 1. The molecule has 2 unspecified atom stereocenters. The van der Waals surface area contributed by atoms with Gasteiger partial charge in [0.25, 0.3) is 0 Å². The van der Waals surface area contributed by atoms with Gasteiger partial charge in [0.2, 0.25) is 5.91 Å². The van der Waals surface area contributed by atoms with Gasteiger partial charge in [-0.1, -0.05) is 80.6 Å². The average molecular weight is 539 g/mol. The van der Waals surface area contributed by atoms with E-state index in [0.29, 0.717) is 6.54 Å². The molecule has 5 heteroatoms. The van der Waals surface area contributed by atoms with Crippen molar-refractivity contribution in [1.82, 2.24) is 0 Å². The van der Waals surface area contributed by atoms with Crippen LogP contribution < -0.4 is 9.80 Å². The van der Waals surface area contributed by atoms with E-state index < -0.39 is 5.97 Å². The topological polar surface area (TPSA) is 60.9 Å². The summed E-state index contributed by atoms with van der Waals surface area (Å²) in [5, 5.41) is 9.88. The number of carboxylic acid groups (broad SMARTS) is 1. The number of anilines is 2. The summed E-state index contributed by atoms with van der Waals surface area (Å²) in [5.41, 5.74) is 6.50. The molecule has 40 heavy (non-hydrogen) atoms. The molecule has 1 N–H and O–H groups in total. The third kappa shape index (κ3) is 6.41. The summed E-state index contributed by atoms with van der Waals surface area (Å²) in [6.07, 6.45) is 8.92. The van der Waals surface area contributed by atoms with Crippen molar-refractivity contribution in [2.75, 3.05) is 23.9 Å². The van der Waals surface area contributed by atoms with Gasteiger partial charge < -0.3 is 14.9 Å². The molecule has 0 spiro atoms. The molecule has 2 aliphatic carbocycles. The molecule has 2 fully saturated rings. The van der Waals surface area contributed by atoms with Crippen molar-refractivity contribution in [2.24, 2.45) is 11.8 Å². The van der Waals surface area contributed by atoms with E-state index in [2.05, 4.69) is 65.6 Å². The highest BCUT2D eigenvalue weighted by Gasteiger charge is 2.33. The van der Waals surface area contributed by atoms with E-state index in [1.807, 2.05) is 31.1 Å². The van der Waals surface area contributed by atoms with Gasteiger partial charge in [-0.25, -0.2) is 0 Å². The quantitative estimate of drug-likeness (QED) is 0.317. The first-order valence-corrected chi connectivity index (χ1v) is 14.9. The minimum atomic E-state index is -0.707. The highest BCUT2D eigenvalue weighted by Crippen LogP contribution is 2.39. The zero-order valence-corrected chi connectivity index (χ0v) is 23.9. The summed E-state index contributed by atoms with van der Waals surface area (Å²) in [5.74, 6) is -0.824. The van der Waals surface area contributed by atoms with E-state index in [1.165, 1.54) is 17.7 Å². The van der Waals surface area contributed by atoms with Crippen LogP contribution in [0.15, 0.2) is 72.8 Å². The minimum Gasteiger partial charge on any atom is -0.481 e. The Kier molecular flexibility index (Phi) is 8.88. The number of carboxylic acids is 1. The van der Waals surface area contributed by atoms with Crippen LogP contribution in [0.25, 0.3) is 11.1 Å². The summed E-state index contributed by atoms with van der Waals surface area (Å²) in [6.45, 7) is 0.506. The van der Waals surface area contributed by atoms with E-state index in [9.17, 15) is 14.7 Å². The zero-order chi connectivity index (χ0) is 28.1. The number of nitrogens with zero attached hydrogens (tertiary/aromatic N) is 2. The molecule has 2 saturated carbocycles. The maximum Gasteiger partial charge on any atom is 0.307 e. The van der Waals surface area contributed by atoms with Crippen molar-refractivity contribution >= 4 is 23.3 Å².